The Morgan fingerprint density at radius 3 is 2.08 bits per heavy atom. The number of carbonyl (C=O) groups excluding carboxylic acids is 3. The number of carbonyl (C=O) groups is 3. The van der Waals surface area contributed by atoms with Gasteiger partial charge in [-0.3, -0.25) is 14.5 Å². The van der Waals surface area contributed by atoms with Crippen LogP contribution >= 0.6 is 0 Å². The van der Waals surface area contributed by atoms with Crippen molar-refractivity contribution in [3.63, 3.8) is 0 Å². The molecule has 1 saturated heterocycles. The van der Waals surface area contributed by atoms with E-state index in [1.54, 1.807) is 6.92 Å². The highest BCUT2D eigenvalue weighted by molar-refractivity contribution is 6.09. The lowest BCUT2D eigenvalue weighted by molar-refractivity contribution is -0.135. The second-order valence-electron chi connectivity index (χ2n) is 9.07. The number of rotatable bonds is 3. The molecule has 142 valence electrons. The first-order valence-corrected chi connectivity index (χ1v) is 8.80. The summed E-state index contributed by atoms with van der Waals surface area (Å²) in [4.78, 5) is 38.3. The third-order valence-electron chi connectivity index (χ3n) is 4.42. The molecule has 1 fully saturated rings. The van der Waals surface area contributed by atoms with Crippen molar-refractivity contribution in [1.82, 2.24) is 15.5 Å². The summed E-state index contributed by atoms with van der Waals surface area (Å²) < 4.78 is 0. The number of benzene rings is 1. The molecule has 1 unspecified atom stereocenters. The lowest BCUT2D eigenvalue weighted by atomic mass is 9.84. The third-order valence-corrected chi connectivity index (χ3v) is 4.42. The Morgan fingerprint density at radius 2 is 1.62 bits per heavy atom. The maximum absolute atomic E-state index is 12.9. The van der Waals surface area contributed by atoms with Crippen LogP contribution in [0.15, 0.2) is 24.3 Å². The fraction of sp³-hybridized carbons (Fsp3) is 0.550. The Hall–Kier alpha value is -2.37. The standard InChI is InChI=1S/C20H29N3O3/c1-18(2,3)13-8-10-14(11-9-13)20(7)16(25)23(17(26)22-20)12-15(24)21-19(4,5)6/h8-11H,12H2,1-7H3,(H,21,24)(H,22,26). The monoisotopic (exact) mass is 359 g/mol. The number of amides is 4. The van der Waals surface area contributed by atoms with Gasteiger partial charge in [0.2, 0.25) is 5.91 Å². The Kier molecular flexibility index (Phi) is 4.92. The van der Waals surface area contributed by atoms with Crippen LogP contribution in [0.25, 0.3) is 0 Å². The SMILES string of the molecule is CC(C)(C)NC(=O)CN1C(=O)NC(C)(c2ccc(C(C)(C)C)cc2)C1=O. The molecule has 0 spiro atoms. The van der Waals surface area contributed by atoms with Gasteiger partial charge in [-0.25, -0.2) is 4.79 Å². The van der Waals surface area contributed by atoms with Crippen LogP contribution in [0.5, 0.6) is 0 Å². The van der Waals surface area contributed by atoms with E-state index in [0.717, 1.165) is 10.5 Å². The highest BCUT2D eigenvalue weighted by atomic mass is 16.2. The molecule has 0 aromatic heterocycles. The van der Waals surface area contributed by atoms with Crippen LogP contribution in [-0.2, 0) is 20.5 Å². The molecule has 4 amide bonds. The van der Waals surface area contributed by atoms with Gasteiger partial charge in [-0.1, -0.05) is 45.0 Å². The Labute approximate surface area is 155 Å². The molecule has 1 aliphatic rings. The third kappa shape index (κ3) is 4.06. The van der Waals surface area contributed by atoms with Gasteiger partial charge < -0.3 is 10.6 Å². The summed E-state index contributed by atoms with van der Waals surface area (Å²) in [6.45, 7) is 13.2. The summed E-state index contributed by atoms with van der Waals surface area (Å²) in [6, 6.07) is 7.10. The van der Waals surface area contributed by atoms with E-state index in [4.69, 9.17) is 0 Å². The Bertz CT molecular complexity index is 726. The molecule has 6 heteroatoms. The van der Waals surface area contributed by atoms with E-state index < -0.39 is 23.0 Å². The molecule has 0 aliphatic carbocycles. The van der Waals surface area contributed by atoms with Crippen molar-refractivity contribution in [2.75, 3.05) is 6.54 Å². The van der Waals surface area contributed by atoms with Crippen LogP contribution in [0, 0.1) is 0 Å². The number of hydrogen-bond acceptors (Lipinski definition) is 3. The van der Waals surface area contributed by atoms with Crippen LogP contribution in [0.1, 0.15) is 59.6 Å². The predicted molar refractivity (Wildman–Crippen MR) is 101 cm³/mol. The normalized spacial score (nSPS) is 21.0. The van der Waals surface area contributed by atoms with Gasteiger partial charge in [0.05, 0.1) is 0 Å². The highest BCUT2D eigenvalue weighted by Crippen LogP contribution is 2.31. The summed E-state index contributed by atoms with van der Waals surface area (Å²) in [6.07, 6.45) is 0. The fourth-order valence-electron chi connectivity index (χ4n) is 2.94. The molecule has 1 aromatic carbocycles. The molecule has 0 saturated carbocycles. The average Bonchev–Trinajstić information content (AvgIpc) is 2.69. The van der Waals surface area contributed by atoms with Crippen molar-refractivity contribution in [3.8, 4) is 0 Å². The lowest BCUT2D eigenvalue weighted by Crippen LogP contribution is -2.48. The molecule has 1 atom stereocenters. The molecule has 2 rings (SSSR count). The van der Waals surface area contributed by atoms with Gasteiger partial charge in [0.15, 0.2) is 0 Å². The summed E-state index contributed by atoms with van der Waals surface area (Å²) >= 11 is 0. The van der Waals surface area contributed by atoms with Gasteiger partial charge in [0.25, 0.3) is 5.91 Å². The van der Waals surface area contributed by atoms with Crippen LogP contribution in [0.2, 0.25) is 0 Å². The van der Waals surface area contributed by atoms with Gasteiger partial charge in [0, 0.05) is 5.54 Å². The number of hydrogen-bond donors (Lipinski definition) is 2. The molecule has 0 radical (unpaired) electrons. The second kappa shape index (κ2) is 6.41. The molecular weight excluding hydrogens is 330 g/mol. The second-order valence-corrected chi connectivity index (χ2v) is 9.07. The minimum atomic E-state index is -1.17. The number of nitrogens with one attached hydrogen (secondary N) is 2. The van der Waals surface area contributed by atoms with E-state index in [1.165, 1.54) is 0 Å². The summed E-state index contributed by atoms with van der Waals surface area (Å²) in [5.41, 5.74) is 0.239. The molecule has 2 N–H and O–H groups in total. The minimum absolute atomic E-state index is 0.000548. The van der Waals surface area contributed by atoms with E-state index in [2.05, 4.69) is 31.4 Å². The van der Waals surface area contributed by atoms with Gasteiger partial charge >= 0.3 is 6.03 Å². The topological polar surface area (TPSA) is 78.5 Å². The maximum atomic E-state index is 12.9. The van der Waals surface area contributed by atoms with E-state index >= 15 is 0 Å². The summed E-state index contributed by atoms with van der Waals surface area (Å²) in [5.74, 6) is -0.789. The first-order chi connectivity index (χ1) is 11.7. The Balaban J connectivity index is 2.22. The largest absolute Gasteiger partial charge is 0.350 e. The zero-order chi connectivity index (χ0) is 19.9. The van der Waals surface area contributed by atoms with Crippen molar-refractivity contribution >= 4 is 17.8 Å². The van der Waals surface area contributed by atoms with Crippen molar-refractivity contribution < 1.29 is 14.4 Å². The molecule has 1 heterocycles. The average molecular weight is 359 g/mol. The van der Waals surface area contributed by atoms with Gasteiger partial charge in [0.1, 0.15) is 12.1 Å². The smallest absolute Gasteiger partial charge is 0.325 e. The maximum Gasteiger partial charge on any atom is 0.325 e. The number of urea groups is 1. The zero-order valence-corrected chi connectivity index (χ0v) is 16.7. The van der Waals surface area contributed by atoms with Crippen LogP contribution in [-0.4, -0.2) is 34.8 Å². The van der Waals surface area contributed by atoms with E-state index in [-0.39, 0.29) is 17.9 Å². The number of nitrogens with zero attached hydrogens (tertiary/aromatic N) is 1. The predicted octanol–water partition coefficient (Wildman–Crippen LogP) is 2.67. The summed E-state index contributed by atoms with van der Waals surface area (Å²) in [5, 5.41) is 5.50. The van der Waals surface area contributed by atoms with Gasteiger partial charge in [-0.2, -0.15) is 0 Å². The lowest BCUT2D eigenvalue weighted by Gasteiger charge is -2.25. The molecule has 1 aliphatic heterocycles. The van der Waals surface area contributed by atoms with Crippen LogP contribution in [0.3, 0.4) is 0 Å². The van der Waals surface area contributed by atoms with Crippen LogP contribution < -0.4 is 10.6 Å². The molecule has 0 bridgehead atoms. The minimum Gasteiger partial charge on any atom is -0.350 e. The molecule has 6 nitrogen and oxygen atoms in total. The van der Waals surface area contributed by atoms with E-state index in [0.29, 0.717) is 5.56 Å². The van der Waals surface area contributed by atoms with Crippen molar-refractivity contribution in [3.05, 3.63) is 35.4 Å². The molecule has 26 heavy (non-hydrogen) atoms. The van der Waals surface area contributed by atoms with Gasteiger partial charge in [-0.15, -0.1) is 0 Å². The zero-order valence-electron chi connectivity index (χ0n) is 16.7. The fourth-order valence-corrected chi connectivity index (χ4v) is 2.94. The van der Waals surface area contributed by atoms with Gasteiger partial charge in [-0.05, 0) is 44.2 Å². The van der Waals surface area contributed by atoms with Crippen LogP contribution in [0.4, 0.5) is 4.79 Å². The Morgan fingerprint density at radius 1 is 1.08 bits per heavy atom. The highest BCUT2D eigenvalue weighted by Gasteiger charge is 2.49. The van der Waals surface area contributed by atoms with E-state index in [9.17, 15) is 14.4 Å². The first-order valence-electron chi connectivity index (χ1n) is 8.80. The van der Waals surface area contributed by atoms with Crippen molar-refractivity contribution in [2.45, 2.75) is 65.0 Å². The number of imide groups is 1. The summed E-state index contributed by atoms with van der Waals surface area (Å²) in [7, 11) is 0. The van der Waals surface area contributed by atoms with Crippen molar-refractivity contribution in [1.29, 1.82) is 0 Å². The molecular formula is C20H29N3O3. The molecule has 1 aromatic rings. The van der Waals surface area contributed by atoms with Crippen molar-refractivity contribution in [2.24, 2.45) is 0 Å². The van der Waals surface area contributed by atoms with E-state index in [1.807, 2.05) is 45.0 Å². The first kappa shape index (κ1) is 19.9. The quantitative estimate of drug-likeness (QED) is 0.815.